The first kappa shape index (κ1) is 10.1. The molecule has 0 spiro atoms. The largest absolute Gasteiger partial charge is 0.461 e. The molecule has 0 aliphatic heterocycles. The summed E-state index contributed by atoms with van der Waals surface area (Å²) in [6, 6.07) is 5.42. The monoisotopic (exact) mass is 228 g/mol. The van der Waals surface area contributed by atoms with Crippen LogP contribution in [0.1, 0.15) is 16.9 Å². The Labute approximate surface area is 97.7 Å². The number of fused-ring (bicyclic) bond motifs is 3. The van der Waals surface area contributed by atoms with E-state index in [0.29, 0.717) is 5.58 Å². The Morgan fingerprint density at radius 3 is 2.35 bits per heavy atom. The molecule has 2 aromatic heterocycles. The first-order chi connectivity index (χ1) is 8.06. The standard InChI is InChI=1S/C14H12O3/c1-7-5-12(15)17-14-10(7)4-8(2)13-11(14)6-9(3)16-13/h4-6H,1-3H3. The van der Waals surface area contributed by atoms with E-state index in [1.165, 1.54) is 6.07 Å². The molecule has 0 aliphatic carbocycles. The third kappa shape index (κ3) is 1.39. The number of furan rings is 1. The Morgan fingerprint density at radius 2 is 1.59 bits per heavy atom. The summed E-state index contributed by atoms with van der Waals surface area (Å²) in [5, 5.41) is 1.84. The molecule has 0 N–H and O–H groups in total. The van der Waals surface area contributed by atoms with E-state index in [1.54, 1.807) is 0 Å². The Hall–Kier alpha value is -2.03. The molecule has 1 aromatic carbocycles. The van der Waals surface area contributed by atoms with Crippen LogP contribution in [0.4, 0.5) is 0 Å². The minimum absolute atomic E-state index is 0.320. The second-order valence-electron chi connectivity index (χ2n) is 4.42. The van der Waals surface area contributed by atoms with Crippen molar-refractivity contribution in [2.45, 2.75) is 20.8 Å². The van der Waals surface area contributed by atoms with Gasteiger partial charge in [0.2, 0.25) is 0 Å². The molecule has 0 amide bonds. The van der Waals surface area contributed by atoms with Crippen molar-refractivity contribution in [2.75, 3.05) is 0 Å². The van der Waals surface area contributed by atoms with E-state index in [-0.39, 0.29) is 5.63 Å². The van der Waals surface area contributed by atoms with Gasteiger partial charge in [0.05, 0.1) is 5.39 Å². The van der Waals surface area contributed by atoms with Gasteiger partial charge in [-0.25, -0.2) is 4.79 Å². The molecular formula is C14H12O3. The van der Waals surface area contributed by atoms with Crippen molar-refractivity contribution in [1.82, 2.24) is 0 Å². The molecule has 17 heavy (non-hydrogen) atoms. The second kappa shape index (κ2) is 3.23. The highest BCUT2D eigenvalue weighted by Gasteiger charge is 2.12. The number of hydrogen-bond acceptors (Lipinski definition) is 3. The van der Waals surface area contributed by atoms with Gasteiger partial charge in [0, 0.05) is 11.5 Å². The fraction of sp³-hybridized carbons (Fsp3) is 0.214. The summed E-state index contributed by atoms with van der Waals surface area (Å²) in [7, 11) is 0. The van der Waals surface area contributed by atoms with Gasteiger partial charge in [-0.05, 0) is 44.0 Å². The molecule has 2 heterocycles. The minimum atomic E-state index is -0.320. The van der Waals surface area contributed by atoms with Gasteiger partial charge in [0.1, 0.15) is 16.9 Å². The van der Waals surface area contributed by atoms with E-state index in [4.69, 9.17) is 8.83 Å². The van der Waals surface area contributed by atoms with Crippen LogP contribution in [0.3, 0.4) is 0 Å². The van der Waals surface area contributed by atoms with Crippen LogP contribution in [-0.4, -0.2) is 0 Å². The average molecular weight is 228 g/mol. The summed E-state index contributed by atoms with van der Waals surface area (Å²) in [4.78, 5) is 11.4. The van der Waals surface area contributed by atoms with Crippen molar-refractivity contribution in [3.8, 4) is 0 Å². The fourth-order valence-corrected chi connectivity index (χ4v) is 2.26. The van der Waals surface area contributed by atoms with Gasteiger partial charge in [-0.15, -0.1) is 0 Å². The molecule has 3 aromatic rings. The van der Waals surface area contributed by atoms with Crippen LogP contribution >= 0.6 is 0 Å². The summed E-state index contributed by atoms with van der Waals surface area (Å²) < 4.78 is 10.9. The van der Waals surface area contributed by atoms with Gasteiger partial charge in [-0.1, -0.05) is 0 Å². The first-order valence-electron chi connectivity index (χ1n) is 5.50. The zero-order valence-corrected chi connectivity index (χ0v) is 9.96. The quantitative estimate of drug-likeness (QED) is 0.553. The maximum Gasteiger partial charge on any atom is 0.336 e. The summed E-state index contributed by atoms with van der Waals surface area (Å²) in [6.45, 7) is 5.80. The fourth-order valence-electron chi connectivity index (χ4n) is 2.26. The maximum atomic E-state index is 11.4. The van der Waals surface area contributed by atoms with E-state index in [9.17, 15) is 4.79 Å². The van der Waals surface area contributed by atoms with E-state index in [2.05, 4.69) is 0 Å². The summed E-state index contributed by atoms with van der Waals surface area (Å²) in [5.41, 5.74) is 3.08. The lowest BCUT2D eigenvalue weighted by molar-refractivity contribution is 0.561. The second-order valence-corrected chi connectivity index (χ2v) is 4.42. The smallest absolute Gasteiger partial charge is 0.336 e. The number of rotatable bonds is 0. The molecule has 0 saturated carbocycles. The van der Waals surface area contributed by atoms with E-state index >= 15 is 0 Å². The van der Waals surface area contributed by atoms with Crippen LogP contribution in [0, 0.1) is 20.8 Å². The minimum Gasteiger partial charge on any atom is -0.461 e. The molecule has 86 valence electrons. The third-order valence-corrected chi connectivity index (χ3v) is 3.03. The lowest BCUT2D eigenvalue weighted by atomic mass is 10.1. The van der Waals surface area contributed by atoms with Crippen molar-refractivity contribution in [2.24, 2.45) is 0 Å². The van der Waals surface area contributed by atoms with E-state index in [0.717, 1.165) is 33.2 Å². The summed E-state index contributed by atoms with van der Waals surface area (Å²) in [5.74, 6) is 0.819. The highest BCUT2D eigenvalue weighted by molar-refractivity contribution is 6.04. The van der Waals surface area contributed by atoms with Gasteiger partial charge in [-0.2, -0.15) is 0 Å². The molecule has 0 unspecified atom stereocenters. The normalized spacial score (nSPS) is 11.5. The van der Waals surface area contributed by atoms with Crippen LogP contribution in [0.15, 0.2) is 31.8 Å². The predicted molar refractivity (Wildman–Crippen MR) is 66.5 cm³/mol. The predicted octanol–water partition coefficient (Wildman–Crippen LogP) is 3.46. The Balaban J connectivity index is 2.67. The summed E-state index contributed by atoms with van der Waals surface area (Å²) >= 11 is 0. The third-order valence-electron chi connectivity index (χ3n) is 3.03. The van der Waals surface area contributed by atoms with Crippen molar-refractivity contribution < 1.29 is 8.83 Å². The Morgan fingerprint density at radius 1 is 0.824 bits per heavy atom. The molecule has 0 saturated heterocycles. The molecule has 0 fully saturated rings. The van der Waals surface area contributed by atoms with Gasteiger partial charge in [0.25, 0.3) is 0 Å². The first-order valence-corrected chi connectivity index (χ1v) is 5.50. The number of hydrogen-bond donors (Lipinski definition) is 0. The zero-order chi connectivity index (χ0) is 12.2. The van der Waals surface area contributed by atoms with Crippen molar-refractivity contribution >= 4 is 21.9 Å². The van der Waals surface area contributed by atoms with Gasteiger partial charge in [0.15, 0.2) is 0 Å². The Kier molecular flexibility index (Phi) is 1.93. The van der Waals surface area contributed by atoms with E-state index in [1.807, 2.05) is 32.9 Å². The van der Waals surface area contributed by atoms with Crippen molar-refractivity contribution in [3.63, 3.8) is 0 Å². The highest BCUT2D eigenvalue weighted by Crippen LogP contribution is 2.31. The molecule has 3 rings (SSSR count). The van der Waals surface area contributed by atoms with Gasteiger partial charge < -0.3 is 8.83 Å². The molecule has 0 atom stereocenters. The number of aryl methyl sites for hydroxylation is 3. The molecule has 3 heteroatoms. The SMILES string of the molecule is Cc1cc2c(o1)c(C)cc1c(C)cc(=O)oc12. The molecule has 0 aliphatic rings. The molecule has 0 bridgehead atoms. The van der Waals surface area contributed by atoms with Crippen LogP contribution in [0.25, 0.3) is 21.9 Å². The lowest BCUT2D eigenvalue weighted by Crippen LogP contribution is -1.98. The lowest BCUT2D eigenvalue weighted by Gasteiger charge is -2.03. The van der Waals surface area contributed by atoms with Gasteiger partial charge >= 0.3 is 5.63 Å². The highest BCUT2D eigenvalue weighted by atomic mass is 16.4. The van der Waals surface area contributed by atoms with Crippen LogP contribution in [0.2, 0.25) is 0 Å². The van der Waals surface area contributed by atoms with Crippen LogP contribution in [0.5, 0.6) is 0 Å². The average Bonchev–Trinajstić information content (AvgIpc) is 2.63. The molecule has 3 nitrogen and oxygen atoms in total. The van der Waals surface area contributed by atoms with Crippen LogP contribution in [-0.2, 0) is 0 Å². The van der Waals surface area contributed by atoms with Crippen LogP contribution < -0.4 is 5.63 Å². The summed E-state index contributed by atoms with van der Waals surface area (Å²) in [6.07, 6.45) is 0. The van der Waals surface area contributed by atoms with E-state index < -0.39 is 0 Å². The molecular weight excluding hydrogens is 216 g/mol. The molecule has 0 radical (unpaired) electrons. The van der Waals surface area contributed by atoms with Crippen molar-refractivity contribution in [1.29, 1.82) is 0 Å². The zero-order valence-electron chi connectivity index (χ0n) is 9.96. The number of benzene rings is 1. The maximum absolute atomic E-state index is 11.4. The van der Waals surface area contributed by atoms with Crippen molar-refractivity contribution in [3.05, 3.63) is 45.5 Å². The topological polar surface area (TPSA) is 43.4 Å². The van der Waals surface area contributed by atoms with Gasteiger partial charge in [-0.3, -0.25) is 0 Å². The Bertz CT molecular complexity index is 790.